The summed E-state index contributed by atoms with van der Waals surface area (Å²) in [6, 6.07) is 0. The Morgan fingerprint density at radius 2 is 1.75 bits per heavy atom. The first-order chi connectivity index (χ1) is 7.56. The molecule has 0 heteroatoms. The van der Waals surface area contributed by atoms with Crippen LogP contribution in [0.2, 0.25) is 0 Å². The van der Waals surface area contributed by atoms with Gasteiger partial charge in [0.25, 0.3) is 0 Å². The van der Waals surface area contributed by atoms with Crippen molar-refractivity contribution in [3.63, 3.8) is 0 Å². The van der Waals surface area contributed by atoms with Crippen molar-refractivity contribution in [3.05, 3.63) is 59.8 Å². The highest BCUT2D eigenvalue weighted by molar-refractivity contribution is 5.21. The minimum absolute atomic E-state index is 1.07. The monoisotopic (exact) mass is 215 g/mol. The van der Waals surface area contributed by atoms with Crippen molar-refractivity contribution >= 4 is 0 Å². The Bertz CT molecular complexity index is 318. The van der Waals surface area contributed by atoms with E-state index in [1.165, 1.54) is 16.7 Å². The molecule has 0 bridgehead atoms. The van der Waals surface area contributed by atoms with Gasteiger partial charge in [0, 0.05) is 0 Å². The fraction of sp³-hybridized carbons (Fsp3) is 0.375. The van der Waals surface area contributed by atoms with Crippen LogP contribution >= 0.6 is 0 Å². The summed E-state index contributed by atoms with van der Waals surface area (Å²) < 4.78 is 0. The number of hydrogen-bond donors (Lipinski definition) is 0. The van der Waals surface area contributed by atoms with Gasteiger partial charge in [-0.1, -0.05) is 59.8 Å². The second-order valence-corrected chi connectivity index (χ2v) is 4.30. The summed E-state index contributed by atoms with van der Waals surface area (Å²) in [6.07, 6.45) is 14.3. The first-order valence-corrected chi connectivity index (χ1v) is 5.75. The molecule has 1 radical (unpaired) electrons. The van der Waals surface area contributed by atoms with Gasteiger partial charge in [-0.3, -0.25) is 0 Å². The summed E-state index contributed by atoms with van der Waals surface area (Å²) in [6.45, 7) is 13.7. The van der Waals surface area contributed by atoms with Crippen LogP contribution in [-0.2, 0) is 0 Å². The summed E-state index contributed by atoms with van der Waals surface area (Å²) in [7, 11) is 0. The third kappa shape index (κ3) is 9.26. The van der Waals surface area contributed by atoms with E-state index in [2.05, 4.69) is 52.0 Å². The van der Waals surface area contributed by atoms with Gasteiger partial charge in [-0.15, -0.1) is 0 Å². The Kier molecular flexibility index (Phi) is 8.24. The third-order valence-corrected chi connectivity index (χ3v) is 2.17. The highest BCUT2D eigenvalue weighted by atomic mass is 13.9. The van der Waals surface area contributed by atoms with Crippen molar-refractivity contribution in [2.75, 3.05) is 0 Å². The molecule has 0 aliphatic heterocycles. The molecule has 0 N–H and O–H groups in total. The maximum atomic E-state index is 5.32. The van der Waals surface area contributed by atoms with Crippen molar-refractivity contribution < 1.29 is 0 Å². The molecule has 0 atom stereocenters. The molecule has 0 fully saturated rings. The van der Waals surface area contributed by atoms with E-state index in [9.17, 15) is 0 Å². The summed E-state index contributed by atoms with van der Waals surface area (Å²) >= 11 is 0. The van der Waals surface area contributed by atoms with Crippen LogP contribution in [0.15, 0.2) is 53.2 Å². The molecule has 0 aromatic carbocycles. The predicted molar refractivity (Wildman–Crippen MR) is 74.2 cm³/mol. The Morgan fingerprint density at radius 1 is 1.06 bits per heavy atom. The Hall–Kier alpha value is -1.30. The van der Waals surface area contributed by atoms with Gasteiger partial charge >= 0.3 is 0 Å². The van der Waals surface area contributed by atoms with Crippen LogP contribution in [0.4, 0.5) is 0 Å². The quantitative estimate of drug-likeness (QED) is 0.536. The fourth-order valence-electron chi connectivity index (χ4n) is 1.24. The van der Waals surface area contributed by atoms with E-state index in [4.69, 9.17) is 6.58 Å². The van der Waals surface area contributed by atoms with E-state index in [-0.39, 0.29) is 0 Å². The van der Waals surface area contributed by atoms with Crippen LogP contribution in [0.3, 0.4) is 0 Å². The average Bonchev–Trinajstić information content (AvgIpc) is 2.17. The van der Waals surface area contributed by atoms with Crippen LogP contribution in [-0.4, -0.2) is 0 Å². The SMILES string of the molecule is [CH]=C/C=C(\C)CC/C=C(C)/C=C/C=C(C)C. The normalized spacial score (nSPS) is 13.0. The number of rotatable bonds is 6. The molecular formula is C16H23. The Balaban J connectivity index is 4.06. The molecule has 16 heavy (non-hydrogen) atoms. The molecule has 87 valence electrons. The van der Waals surface area contributed by atoms with E-state index in [1.807, 2.05) is 6.08 Å². The predicted octanol–water partition coefficient (Wildman–Crippen LogP) is 5.17. The zero-order chi connectivity index (χ0) is 12.4. The zero-order valence-electron chi connectivity index (χ0n) is 11.0. The van der Waals surface area contributed by atoms with Crippen LogP contribution < -0.4 is 0 Å². The molecular weight excluding hydrogens is 192 g/mol. The molecule has 0 heterocycles. The molecule has 0 unspecified atom stereocenters. The Labute approximate surface area is 101 Å². The standard InChI is InChI=1S/C16H23/c1-6-9-15(4)12-8-13-16(5)11-7-10-14(2)3/h1,6-7,9-11,13H,8,12H2,2-5H3/b6-1?,11-7+,15-9+,16-13+. The van der Waals surface area contributed by atoms with Gasteiger partial charge < -0.3 is 0 Å². The highest BCUT2D eigenvalue weighted by Gasteiger charge is 1.87. The number of hydrogen-bond acceptors (Lipinski definition) is 0. The van der Waals surface area contributed by atoms with E-state index >= 15 is 0 Å². The van der Waals surface area contributed by atoms with Gasteiger partial charge in [0.2, 0.25) is 0 Å². The molecule has 0 spiro atoms. The van der Waals surface area contributed by atoms with Crippen molar-refractivity contribution in [1.29, 1.82) is 0 Å². The molecule has 0 aliphatic rings. The topological polar surface area (TPSA) is 0 Å². The van der Waals surface area contributed by atoms with E-state index in [1.54, 1.807) is 6.08 Å². The third-order valence-electron chi connectivity index (χ3n) is 2.17. The lowest BCUT2D eigenvalue weighted by Crippen LogP contribution is -1.76. The maximum absolute atomic E-state index is 5.32. The van der Waals surface area contributed by atoms with Crippen LogP contribution in [0.25, 0.3) is 0 Å². The molecule has 0 nitrogen and oxygen atoms in total. The van der Waals surface area contributed by atoms with Crippen molar-refractivity contribution in [2.24, 2.45) is 0 Å². The van der Waals surface area contributed by atoms with Gasteiger partial charge in [0.15, 0.2) is 0 Å². The summed E-state index contributed by atoms with van der Waals surface area (Å²) in [5.74, 6) is 0. The molecule has 0 aromatic heterocycles. The van der Waals surface area contributed by atoms with Gasteiger partial charge in [0.1, 0.15) is 0 Å². The van der Waals surface area contributed by atoms with Gasteiger partial charge in [-0.25, -0.2) is 0 Å². The minimum atomic E-state index is 1.07. The van der Waals surface area contributed by atoms with Gasteiger partial charge in [-0.05, 0) is 40.5 Å². The second kappa shape index (κ2) is 8.96. The molecule has 0 aromatic rings. The van der Waals surface area contributed by atoms with Gasteiger partial charge in [-0.2, -0.15) is 0 Å². The lowest BCUT2D eigenvalue weighted by molar-refractivity contribution is 0.971. The van der Waals surface area contributed by atoms with Crippen LogP contribution in [0.5, 0.6) is 0 Å². The van der Waals surface area contributed by atoms with E-state index in [0.717, 1.165) is 12.8 Å². The van der Waals surface area contributed by atoms with E-state index < -0.39 is 0 Å². The van der Waals surface area contributed by atoms with Crippen molar-refractivity contribution in [3.8, 4) is 0 Å². The van der Waals surface area contributed by atoms with Crippen LogP contribution in [0.1, 0.15) is 40.5 Å². The first kappa shape index (κ1) is 14.7. The van der Waals surface area contributed by atoms with E-state index in [0.29, 0.717) is 0 Å². The average molecular weight is 215 g/mol. The van der Waals surface area contributed by atoms with Crippen molar-refractivity contribution in [1.82, 2.24) is 0 Å². The summed E-state index contributed by atoms with van der Waals surface area (Å²) in [4.78, 5) is 0. The maximum Gasteiger partial charge on any atom is -0.0285 e. The summed E-state index contributed by atoms with van der Waals surface area (Å²) in [5, 5.41) is 0. The molecule has 0 saturated carbocycles. The number of allylic oxidation sites excluding steroid dienone is 9. The Morgan fingerprint density at radius 3 is 2.31 bits per heavy atom. The first-order valence-electron chi connectivity index (χ1n) is 5.75. The highest BCUT2D eigenvalue weighted by Crippen LogP contribution is 2.07. The second-order valence-electron chi connectivity index (χ2n) is 4.30. The van der Waals surface area contributed by atoms with Crippen LogP contribution in [0, 0.1) is 6.58 Å². The smallest absolute Gasteiger partial charge is 0.0285 e. The van der Waals surface area contributed by atoms with Crippen molar-refractivity contribution in [2.45, 2.75) is 40.5 Å². The lowest BCUT2D eigenvalue weighted by Gasteiger charge is -1.96. The minimum Gasteiger partial charge on any atom is -0.0813 e. The largest absolute Gasteiger partial charge is 0.0813 e. The molecule has 0 amide bonds. The summed E-state index contributed by atoms with van der Waals surface area (Å²) in [5.41, 5.74) is 3.95. The molecule has 0 aliphatic carbocycles. The molecule has 0 rings (SSSR count). The zero-order valence-corrected chi connectivity index (χ0v) is 11.0. The lowest BCUT2D eigenvalue weighted by atomic mass is 10.1. The van der Waals surface area contributed by atoms with Gasteiger partial charge in [0.05, 0.1) is 0 Å². The fourth-order valence-corrected chi connectivity index (χ4v) is 1.24. The molecule has 0 saturated heterocycles.